The molecule has 1 aliphatic rings. The number of imidazole rings is 1. The average molecular weight is 353 g/mol. The van der Waals surface area contributed by atoms with Crippen LogP contribution in [0.1, 0.15) is 25.1 Å². The number of amides is 1. The molecule has 0 spiro atoms. The maximum Gasteiger partial charge on any atom is 0.328 e. The van der Waals surface area contributed by atoms with Crippen LogP contribution in [0, 0.1) is 0 Å². The molecule has 0 fully saturated rings. The van der Waals surface area contributed by atoms with Gasteiger partial charge >= 0.3 is 5.69 Å². The number of carbonyl (C=O) groups is 1. The second kappa shape index (κ2) is 6.62. The third-order valence-electron chi connectivity index (χ3n) is 4.60. The molecule has 0 saturated carbocycles. The fourth-order valence-corrected chi connectivity index (χ4v) is 3.35. The maximum absolute atomic E-state index is 12.2. The van der Waals surface area contributed by atoms with Gasteiger partial charge < -0.3 is 9.88 Å². The number of aryl methyl sites for hydroxylation is 2. The number of aromatic amines is 1. The van der Waals surface area contributed by atoms with E-state index in [0.717, 1.165) is 47.2 Å². The summed E-state index contributed by atoms with van der Waals surface area (Å²) in [6.45, 7) is 0.806. The van der Waals surface area contributed by atoms with Crippen LogP contribution in [0.3, 0.4) is 0 Å². The highest BCUT2D eigenvalue weighted by Gasteiger charge is 2.14. The van der Waals surface area contributed by atoms with E-state index in [9.17, 15) is 14.4 Å². The molecule has 4 rings (SSSR count). The molecule has 0 atom stereocenters. The molecule has 0 bridgehead atoms. The first-order chi connectivity index (χ1) is 12.6. The molecule has 3 heterocycles. The molecule has 0 radical (unpaired) electrons. The lowest BCUT2D eigenvalue weighted by Gasteiger charge is -2.08. The molecule has 1 amide bonds. The summed E-state index contributed by atoms with van der Waals surface area (Å²) in [4.78, 5) is 41.8. The van der Waals surface area contributed by atoms with Crippen molar-refractivity contribution in [1.29, 1.82) is 0 Å². The molecule has 0 saturated heterocycles. The minimum atomic E-state index is -0.610. The van der Waals surface area contributed by atoms with Crippen molar-refractivity contribution in [2.75, 3.05) is 5.32 Å². The van der Waals surface area contributed by atoms with Gasteiger partial charge in [0.15, 0.2) is 0 Å². The lowest BCUT2D eigenvalue weighted by molar-refractivity contribution is -0.116. The summed E-state index contributed by atoms with van der Waals surface area (Å²) < 4.78 is 3.40. The Labute approximate surface area is 148 Å². The van der Waals surface area contributed by atoms with Crippen LogP contribution in [0.2, 0.25) is 0 Å². The number of H-pyrrole nitrogens is 1. The van der Waals surface area contributed by atoms with Crippen LogP contribution in [-0.4, -0.2) is 25.0 Å². The van der Waals surface area contributed by atoms with Crippen molar-refractivity contribution < 1.29 is 4.79 Å². The van der Waals surface area contributed by atoms with E-state index < -0.39 is 11.2 Å². The lowest BCUT2D eigenvalue weighted by Crippen LogP contribution is -2.32. The van der Waals surface area contributed by atoms with E-state index in [2.05, 4.69) is 14.9 Å². The first kappa shape index (κ1) is 16.3. The first-order valence-corrected chi connectivity index (χ1v) is 8.69. The van der Waals surface area contributed by atoms with Gasteiger partial charge in [0.05, 0.1) is 11.0 Å². The summed E-state index contributed by atoms with van der Waals surface area (Å²) in [5.74, 6) is 0.750. The third kappa shape index (κ3) is 3.17. The van der Waals surface area contributed by atoms with Gasteiger partial charge in [0, 0.05) is 30.9 Å². The summed E-state index contributed by atoms with van der Waals surface area (Å²) >= 11 is 0. The zero-order valence-corrected chi connectivity index (χ0v) is 14.2. The van der Waals surface area contributed by atoms with Gasteiger partial charge in [-0.15, -0.1) is 0 Å². The molecule has 134 valence electrons. The van der Waals surface area contributed by atoms with Gasteiger partial charge in [-0.1, -0.05) is 6.42 Å². The molecule has 2 N–H and O–H groups in total. The minimum absolute atomic E-state index is 0.173. The van der Waals surface area contributed by atoms with E-state index in [4.69, 9.17) is 4.98 Å². The molecular weight excluding hydrogens is 334 g/mol. The number of benzene rings is 1. The predicted molar refractivity (Wildman–Crippen MR) is 97.2 cm³/mol. The van der Waals surface area contributed by atoms with Gasteiger partial charge in [0.25, 0.3) is 5.56 Å². The Bertz CT molecular complexity index is 1090. The van der Waals surface area contributed by atoms with Crippen LogP contribution in [-0.2, 0) is 24.3 Å². The van der Waals surface area contributed by atoms with Gasteiger partial charge in [0.2, 0.25) is 5.91 Å². The number of fused-ring (bicyclic) bond motifs is 3. The average Bonchev–Trinajstić information content (AvgIpc) is 2.78. The Balaban J connectivity index is 1.54. The summed E-state index contributed by atoms with van der Waals surface area (Å²) in [6, 6.07) is 6.87. The van der Waals surface area contributed by atoms with Crippen molar-refractivity contribution in [2.45, 2.75) is 38.8 Å². The Kier molecular flexibility index (Phi) is 4.16. The quantitative estimate of drug-likeness (QED) is 0.740. The molecule has 26 heavy (non-hydrogen) atoms. The smallest absolute Gasteiger partial charge is 0.328 e. The van der Waals surface area contributed by atoms with Crippen LogP contribution in [0.5, 0.6) is 0 Å². The molecule has 0 aliphatic carbocycles. The highest BCUT2D eigenvalue weighted by atomic mass is 16.2. The molecule has 0 unspecified atom stereocenters. The fourth-order valence-electron chi connectivity index (χ4n) is 3.35. The number of anilines is 1. The summed E-state index contributed by atoms with van der Waals surface area (Å²) in [7, 11) is 0. The van der Waals surface area contributed by atoms with Crippen molar-refractivity contribution >= 4 is 22.6 Å². The maximum atomic E-state index is 12.2. The Morgan fingerprint density at radius 3 is 2.92 bits per heavy atom. The molecule has 2 aromatic heterocycles. The number of nitrogens with one attached hydrogen (secondary N) is 2. The van der Waals surface area contributed by atoms with Crippen molar-refractivity contribution in [3.63, 3.8) is 0 Å². The highest BCUT2D eigenvalue weighted by Crippen LogP contribution is 2.24. The number of hydrogen-bond acceptors (Lipinski definition) is 4. The number of nitrogens with zero attached hydrogens (tertiary/aromatic N) is 3. The molecule has 1 aliphatic heterocycles. The fraction of sp³-hybridized carbons (Fsp3) is 0.333. The molecular formula is C18H19N5O3. The SMILES string of the molecule is O=C(Cn1ccc(=O)[nH]c1=O)Nc1ccc2c(c1)nc1n2CCCCC1. The largest absolute Gasteiger partial charge is 0.328 e. The van der Waals surface area contributed by atoms with Gasteiger partial charge in [-0.05, 0) is 31.0 Å². The van der Waals surface area contributed by atoms with E-state index in [1.807, 2.05) is 18.2 Å². The van der Waals surface area contributed by atoms with Crippen molar-refractivity contribution in [3.8, 4) is 0 Å². The monoisotopic (exact) mass is 353 g/mol. The second-order valence-electron chi connectivity index (χ2n) is 6.48. The number of rotatable bonds is 3. The molecule has 8 nitrogen and oxygen atoms in total. The Hall–Kier alpha value is -3.16. The van der Waals surface area contributed by atoms with Crippen molar-refractivity contribution in [1.82, 2.24) is 19.1 Å². The van der Waals surface area contributed by atoms with Crippen LogP contribution in [0.25, 0.3) is 11.0 Å². The highest BCUT2D eigenvalue weighted by molar-refractivity contribution is 5.93. The van der Waals surface area contributed by atoms with E-state index >= 15 is 0 Å². The number of aromatic nitrogens is 4. The summed E-state index contributed by atoms with van der Waals surface area (Å²) in [5, 5.41) is 2.78. The van der Waals surface area contributed by atoms with Gasteiger partial charge in [-0.3, -0.25) is 19.1 Å². The minimum Gasteiger partial charge on any atom is -0.328 e. The van der Waals surface area contributed by atoms with Crippen LogP contribution >= 0.6 is 0 Å². The summed E-state index contributed by atoms with van der Waals surface area (Å²) in [5.41, 5.74) is 1.48. The van der Waals surface area contributed by atoms with Crippen molar-refractivity contribution in [3.05, 3.63) is 57.1 Å². The van der Waals surface area contributed by atoms with Gasteiger partial charge in [-0.25, -0.2) is 9.78 Å². The zero-order chi connectivity index (χ0) is 18.1. The van der Waals surface area contributed by atoms with E-state index in [1.165, 1.54) is 18.7 Å². The first-order valence-electron chi connectivity index (χ1n) is 8.69. The van der Waals surface area contributed by atoms with E-state index in [1.54, 1.807) is 0 Å². The van der Waals surface area contributed by atoms with E-state index in [0.29, 0.717) is 5.69 Å². The van der Waals surface area contributed by atoms with Gasteiger partial charge in [-0.2, -0.15) is 0 Å². The van der Waals surface area contributed by atoms with Crippen molar-refractivity contribution in [2.24, 2.45) is 0 Å². The third-order valence-corrected chi connectivity index (χ3v) is 4.60. The predicted octanol–water partition coefficient (Wildman–Crippen LogP) is 1.25. The lowest BCUT2D eigenvalue weighted by atomic mass is 10.2. The van der Waals surface area contributed by atoms with Crippen LogP contribution < -0.4 is 16.6 Å². The Morgan fingerprint density at radius 1 is 1.19 bits per heavy atom. The topological polar surface area (TPSA) is 102 Å². The van der Waals surface area contributed by atoms with Gasteiger partial charge in [0.1, 0.15) is 12.4 Å². The van der Waals surface area contributed by atoms with E-state index in [-0.39, 0.29) is 12.5 Å². The summed E-state index contributed by atoms with van der Waals surface area (Å²) in [6.07, 6.45) is 5.82. The standard InChI is InChI=1S/C18H19N5O3/c24-16-7-9-22(18(26)21-16)11-17(25)19-12-5-6-14-13(10-12)20-15-4-2-1-3-8-23(14)15/h5-7,9-10H,1-4,8,11H2,(H,19,25)(H,21,24,26). The Morgan fingerprint density at radius 2 is 2.08 bits per heavy atom. The molecule has 8 heteroatoms. The second-order valence-corrected chi connectivity index (χ2v) is 6.48. The number of hydrogen-bond donors (Lipinski definition) is 2. The van der Waals surface area contributed by atoms with Crippen LogP contribution in [0.4, 0.5) is 5.69 Å². The van der Waals surface area contributed by atoms with Crippen LogP contribution in [0.15, 0.2) is 40.1 Å². The number of carbonyl (C=O) groups excluding carboxylic acids is 1. The molecule has 3 aromatic rings. The zero-order valence-electron chi connectivity index (χ0n) is 14.2. The normalized spacial score (nSPS) is 14.0. The molecule has 1 aromatic carbocycles.